The molecule has 25 heavy (non-hydrogen) atoms. The number of amides is 1. The van der Waals surface area contributed by atoms with E-state index in [0.717, 1.165) is 18.0 Å². The highest BCUT2D eigenvalue weighted by Crippen LogP contribution is 2.25. The monoisotopic (exact) mass is 356 g/mol. The van der Waals surface area contributed by atoms with Crippen molar-refractivity contribution >= 4 is 22.8 Å². The fraction of sp³-hybridized carbons (Fsp3) is 0.263. The number of hydrogen-bond acceptors (Lipinski definition) is 5. The Labute approximate surface area is 151 Å². The summed E-state index contributed by atoms with van der Waals surface area (Å²) in [6.07, 6.45) is 0. The number of carbonyl (C=O) groups excluding carboxylic acids is 1. The van der Waals surface area contributed by atoms with Gasteiger partial charge in [-0.1, -0.05) is 30.0 Å². The lowest BCUT2D eigenvalue weighted by Gasteiger charge is -2.25. The fourth-order valence-corrected chi connectivity index (χ4v) is 2.92. The van der Waals surface area contributed by atoms with Crippen molar-refractivity contribution in [3.63, 3.8) is 0 Å². The number of aliphatic imine (C=N–C) groups is 1. The van der Waals surface area contributed by atoms with Crippen LogP contribution in [-0.4, -0.2) is 29.0 Å². The Bertz CT molecular complexity index is 758. The number of carbonyl (C=O) groups is 1. The van der Waals surface area contributed by atoms with Gasteiger partial charge in [0.1, 0.15) is 17.2 Å². The number of amidine groups is 1. The second kappa shape index (κ2) is 7.61. The molecule has 0 aromatic heterocycles. The van der Waals surface area contributed by atoms with E-state index in [4.69, 9.17) is 9.47 Å². The van der Waals surface area contributed by atoms with Gasteiger partial charge in [0, 0.05) is 5.75 Å². The van der Waals surface area contributed by atoms with Crippen molar-refractivity contribution in [3.05, 3.63) is 54.6 Å². The average molecular weight is 356 g/mol. The van der Waals surface area contributed by atoms with Crippen LogP contribution < -0.4 is 14.8 Å². The molecule has 2 aromatic rings. The van der Waals surface area contributed by atoms with E-state index >= 15 is 0 Å². The molecule has 130 valence electrons. The van der Waals surface area contributed by atoms with E-state index in [0.29, 0.717) is 16.7 Å². The maximum absolute atomic E-state index is 12.4. The standard InChI is InChI=1S/C19H20N2O3S/c1-19(2,17(22)21-18-20-12-13-25-18)24-16-10-8-15(9-11-16)23-14-6-4-3-5-7-14/h3-11H,12-13H2,1-2H3,(H,20,21,22). The van der Waals surface area contributed by atoms with Gasteiger partial charge in [0.2, 0.25) is 0 Å². The summed E-state index contributed by atoms with van der Waals surface area (Å²) in [5, 5.41) is 3.47. The molecule has 0 spiro atoms. The summed E-state index contributed by atoms with van der Waals surface area (Å²) in [6.45, 7) is 4.21. The molecule has 5 nitrogen and oxygen atoms in total. The molecule has 0 fully saturated rings. The van der Waals surface area contributed by atoms with Gasteiger partial charge in [0.05, 0.1) is 6.54 Å². The fourth-order valence-electron chi connectivity index (χ4n) is 2.20. The lowest BCUT2D eigenvalue weighted by Crippen LogP contribution is -2.47. The molecular formula is C19H20N2O3S. The number of benzene rings is 2. The Morgan fingerprint density at radius 1 is 1.04 bits per heavy atom. The number of para-hydroxylation sites is 1. The minimum absolute atomic E-state index is 0.217. The molecule has 1 aliphatic heterocycles. The van der Waals surface area contributed by atoms with Crippen molar-refractivity contribution in [2.75, 3.05) is 12.3 Å². The molecule has 1 amide bonds. The molecule has 1 aliphatic rings. The van der Waals surface area contributed by atoms with Crippen molar-refractivity contribution in [2.45, 2.75) is 19.4 Å². The summed E-state index contributed by atoms with van der Waals surface area (Å²) in [6, 6.07) is 16.8. The van der Waals surface area contributed by atoms with E-state index in [-0.39, 0.29) is 5.91 Å². The molecule has 0 saturated carbocycles. The van der Waals surface area contributed by atoms with Crippen LogP contribution in [0.2, 0.25) is 0 Å². The molecule has 0 aliphatic carbocycles. The van der Waals surface area contributed by atoms with Crippen LogP contribution in [0, 0.1) is 0 Å². The lowest BCUT2D eigenvalue weighted by molar-refractivity contribution is -0.132. The highest BCUT2D eigenvalue weighted by atomic mass is 32.2. The van der Waals surface area contributed by atoms with Crippen LogP contribution in [0.5, 0.6) is 17.2 Å². The van der Waals surface area contributed by atoms with E-state index in [1.807, 2.05) is 42.5 Å². The first kappa shape index (κ1) is 17.4. The number of thioether (sulfide) groups is 1. The molecule has 1 N–H and O–H groups in total. The van der Waals surface area contributed by atoms with Crippen molar-refractivity contribution in [1.82, 2.24) is 5.32 Å². The topological polar surface area (TPSA) is 59.9 Å². The molecule has 0 unspecified atom stereocenters. The minimum atomic E-state index is -1.01. The zero-order valence-corrected chi connectivity index (χ0v) is 15.0. The average Bonchev–Trinajstić information content (AvgIpc) is 3.10. The Morgan fingerprint density at radius 3 is 2.32 bits per heavy atom. The van der Waals surface area contributed by atoms with Gasteiger partial charge in [0.15, 0.2) is 10.8 Å². The Kier molecular flexibility index (Phi) is 5.28. The highest BCUT2D eigenvalue weighted by Gasteiger charge is 2.31. The van der Waals surface area contributed by atoms with E-state index < -0.39 is 5.60 Å². The quantitative estimate of drug-likeness (QED) is 0.884. The zero-order chi connectivity index (χ0) is 17.7. The van der Waals surface area contributed by atoms with Crippen LogP contribution in [-0.2, 0) is 4.79 Å². The van der Waals surface area contributed by atoms with E-state index in [9.17, 15) is 4.79 Å². The Hall–Kier alpha value is -2.47. The van der Waals surface area contributed by atoms with Gasteiger partial charge in [0.25, 0.3) is 5.91 Å². The number of rotatable bonds is 5. The predicted molar refractivity (Wildman–Crippen MR) is 101 cm³/mol. The minimum Gasteiger partial charge on any atom is -0.478 e. The number of nitrogens with zero attached hydrogens (tertiary/aromatic N) is 1. The van der Waals surface area contributed by atoms with Gasteiger partial charge in [-0.05, 0) is 50.2 Å². The van der Waals surface area contributed by atoms with Crippen LogP contribution in [0.4, 0.5) is 0 Å². The third-order valence-electron chi connectivity index (χ3n) is 3.53. The van der Waals surface area contributed by atoms with Crippen molar-refractivity contribution < 1.29 is 14.3 Å². The molecule has 0 bridgehead atoms. The number of hydrogen-bond donors (Lipinski definition) is 1. The predicted octanol–water partition coefficient (Wildman–Crippen LogP) is 3.86. The second-order valence-corrected chi connectivity index (χ2v) is 7.07. The van der Waals surface area contributed by atoms with Crippen LogP contribution in [0.3, 0.4) is 0 Å². The molecule has 1 heterocycles. The molecule has 2 aromatic carbocycles. The Balaban J connectivity index is 1.60. The van der Waals surface area contributed by atoms with Crippen LogP contribution in [0.15, 0.2) is 59.6 Å². The second-order valence-electron chi connectivity index (χ2n) is 5.99. The van der Waals surface area contributed by atoms with Gasteiger partial charge >= 0.3 is 0 Å². The first-order chi connectivity index (χ1) is 12.0. The third-order valence-corrected chi connectivity index (χ3v) is 4.42. The molecule has 0 saturated heterocycles. The molecular weight excluding hydrogens is 336 g/mol. The summed E-state index contributed by atoms with van der Waals surface area (Å²) >= 11 is 1.54. The van der Waals surface area contributed by atoms with Gasteiger partial charge < -0.3 is 14.8 Å². The van der Waals surface area contributed by atoms with Crippen LogP contribution in [0.25, 0.3) is 0 Å². The maximum Gasteiger partial charge on any atom is 0.269 e. The molecule has 3 rings (SSSR count). The molecule has 6 heteroatoms. The molecule has 0 atom stereocenters. The van der Waals surface area contributed by atoms with E-state index in [1.165, 1.54) is 0 Å². The van der Waals surface area contributed by atoms with Crippen LogP contribution in [0.1, 0.15) is 13.8 Å². The number of ether oxygens (including phenoxy) is 2. The van der Waals surface area contributed by atoms with Gasteiger partial charge in [-0.2, -0.15) is 0 Å². The first-order valence-corrected chi connectivity index (χ1v) is 9.02. The van der Waals surface area contributed by atoms with E-state index in [1.54, 1.807) is 37.7 Å². The first-order valence-electron chi connectivity index (χ1n) is 8.04. The SMILES string of the molecule is CC(C)(Oc1ccc(Oc2ccccc2)cc1)C(=O)NC1=NCCS1. The normalized spacial score (nSPS) is 13.9. The maximum atomic E-state index is 12.4. The molecule has 0 radical (unpaired) electrons. The largest absolute Gasteiger partial charge is 0.478 e. The summed E-state index contributed by atoms with van der Waals surface area (Å²) in [5.41, 5.74) is -1.01. The third kappa shape index (κ3) is 4.76. The summed E-state index contributed by atoms with van der Waals surface area (Å²) in [4.78, 5) is 16.6. The Morgan fingerprint density at radius 2 is 1.68 bits per heavy atom. The summed E-state index contributed by atoms with van der Waals surface area (Å²) in [5.74, 6) is 2.76. The summed E-state index contributed by atoms with van der Waals surface area (Å²) < 4.78 is 11.6. The number of nitrogens with one attached hydrogen (secondary N) is 1. The van der Waals surface area contributed by atoms with E-state index in [2.05, 4.69) is 10.3 Å². The highest BCUT2D eigenvalue weighted by molar-refractivity contribution is 8.14. The van der Waals surface area contributed by atoms with Gasteiger partial charge in [-0.15, -0.1) is 0 Å². The zero-order valence-electron chi connectivity index (χ0n) is 14.2. The van der Waals surface area contributed by atoms with Crippen molar-refractivity contribution in [1.29, 1.82) is 0 Å². The smallest absolute Gasteiger partial charge is 0.269 e. The van der Waals surface area contributed by atoms with Gasteiger partial charge in [-0.25, -0.2) is 0 Å². The summed E-state index contributed by atoms with van der Waals surface area (Å²) in [7, 11) is 0. The lowest BCUT2D eigenvalue weighted by atomic mass is 10.1. The van der Waals surface area contributed by atoms with Crippen LogP contribution >= 0.6 is 11.8 Å². The van der Waals surface area contributed by atoms with Crippen molar-refractivity contribution in [2.24, 2.45) is 4.99 Å². The van der Waals surface area contributed by atoms with Gasteiger partial charge in [-0.3, -0.25) is 9.79 Å². The van der Waals surface area contributed by atoms with Crippen molar-refractivity contribution in [3.8, 4) is 17.2 Å².